The summed E-state index contributed by atoms with van der Waals surface area (Å²) in [4.78, 5) is 0. The fraction of sp³-hybridized carbons (Fsp3) is 0.571. The quantitative estimate of drug-likeness (QED) is 0.662. The van der Waals surface area contributed by atoms with Gasteiger partial charge < -0.3 is 5.11 Å². The molecule has 0 aliphatic heterocycles. The SMILES string of the molecule is CCCCCCCC(O)c1ccc(Cl)cc1Cl. The van der Waals surface area contributed by atoms with Crippen LogP contribution >= 0.6 is 23.2 Å². The normalized spacial score (nSPS) is 12.7. The third-order valence-corrected chi connectivity index (χ3v) is 3.47. The molecule has 1 nitrogen and oxygen atoms in total. The lowest BCUT2D eigenvalue weighted by Crippen LogP contribution is -1.98. The molecule has 0 bridgehead atoms. The third kappa shape index (κ3) is 5.29. The van der Waals surface area contributed by atoms with Crippen molar-refractivity contribution in [1.82, 2.24) is 0 Å². The van der Waals surface area contributed by atoms with Gasteiger partial charge in [0.2, 0.25) is 0 Å². The van der Waals surface area contributed by atoms with Crippen molar-refractivity contribution in [3.8, 4) is 0 Å². The molecule has 0 saturated heterocycles. The Bertz CT molecular complexity index is 339. The minimum absolute atomic E-state index is 0.471. The smallest absolute Gasteiger partial charge is 0.0804 e. The Morgan fingerprint density at radius 2 is 1.82 bits per heavy atom. The maximum Gasteiger partial charge on any atom is 0.0804 e. The first kappa shape index (κ1) is 14.8. The predicted octanol–water partition coefficient (Wildman–Crippen LogP) is 5.39. The van der Waals surface area contributed by atoms with E-state index < -0.39 is 6.10 Å². The van der Waals surface area contributed by atoms with Crippen LogP contribution in [0.15, 0.2) is 18.2 Å². The number of benzene rings is 1. The van der Waals surface area contributed by atoms with Gasteiger partial charge in [0.1, 0.15) is 0 Å². The number of unbranched alkanes of at least 4 members (excludes halogenated alkanes) is 4. The van der Waals surface area contributed by atoms with Crippen molar-refractivity contribution in [2.24, 2.45) is 0 Å². The molecule has 3 heteroatoms. The van der Waals surface area contributed by atoms with E-state index in [0.29, 0.717) is 10.0 Å². The average Bonchev–Trinajstić information content (AvgIpc) is 2.28. The van der Waals surface area contributed by atoms with Gasteiger partial charge in [-0.05, 0) is 24.1 Å². The minimum atomic E-state index is -0.471. The Labute approximate surface area is 114 Å². The van der Waals surface area contributed by atoms with Gasteiger partial charge in [0, 0.05) is 10.0 Å². The summed E-state index contributed by atoms with van der Waals surface area (Å²) in [6.45, 7) is 2.20. The first-order valence-corrected chi connectivity index (χ1v) is 7.03. The lowest BCUT2D eigenvalue weighted by atomic mass is 10.0. The molecule has 0 aromatic heterocycles. The molecule has 0 amide bonds. The van der Waals surface area contributed by atoms with Gasteiger partial charge in [-0.15, -0.1) is 0 Å². The van der Waals surface area contributed by atoms with Crippen LogP contribution in [0, 0.1) is 0 Å². The molecule has 0 spiro atoms. The number of aliphatic hydroxyl groups excluding tert-OH is 1. The minimum Gasteiger partial charge on any atom is -0.388 e. The number of rotatable bonds is 7. The monoisotopic (exact) mass is 274 g/mol. The Morgan fingerprint density at radius 3 is 2.47 bits per heavy atom. The van der Waals surface area contributed by atoms with Crippen LogP contribution in [-0.4, -0.2) is 5.11 Å². The van der Waals surface area contributed by atoms with E-state index in [-0.39, 0.29) is 0 Å². The second kappa shape index (κ2) is 7.97. The Balaban J connectivity index is 2.38. The summed E-state index contributed by atoms with van der Waals surface area (Å²) in [6.07, 6.45) is 6.28. The Morgan fingerprint density at radius 1 is 1.12 bits per heavy atom. The van der Waals surface area contributed by atoms with E-state index in [4.69, 9.17) is 23.2 Å². The third-order valence-electron chi connectivity index (χ3n) is 2.90. The fourth-order valence-electron chi connectivity index (χ4n) is 1.87. The zero-order valence-electron chi connectivity index (χ0n) is 10.3. The topological polar surface area (TPSA) is 20.2 Å². The molecule has 0 aliphatic carbocycles. The molecular weight excluding hydrogens is 255 g/mol. The largest absolute Gasteiger partial charge is 0.388 e. The van der Waals surface area contributed by atoms with Gasteiger partial charge in [0.05, 0.1) is 6.10 Å². The maximum atomic E-state index is 10.0. The summed E-state index contributed by atoms with van der Waals surface area (Å²) >= 11 is 11.9. The summed E-state index contributed by atoms with van der Waals surface area (Å²) in [7, 11) is 0. The molecule has 0 aliphatic rings. The van der Waals surface area contributed by atoms with Crippen molar-refractivity contribution in [3.05, 3.63) is 33.8 Å². The molecule has 1 aromatic carbocycles. The summed E-state index contributed by atoms with van der Waals surface area (Å²) < 4.78 is 0. The molecular formula is C14H20Cl2O. The van der Waals surface area contributed by atoms with Crippen LogP contribution in [0.1, 0.15) is 57.1 Å². The Hall–Kier alpha value is -0.240. The summed E-state index contributed by atoms with van der Waals surface area (Å²) in [6, 6.07) is 5.25. The van der Waals surface area contributed by atoms with Gasteiger partial charge >= 0.3 is 0 Å². The zero-order valence-corrected chi connectivity index (χ0v) is 11.8. The standard InChI is InChI=1S/C14H20Cl2O/c1-2-3-4-5-6-7-14(17)12-9-8-11(15)10-13(12)16/h8-10,14,17H,2-7H2,1H3. The lowest BCUT2D eigenvalue weighted by Gasteiger charge is -2.12. The second-order valence-electron chi connectivity index (χ2n) is 4.38. The van der Waals surface area contributed by atoms with Crippen molar-refractivity contribution in [3.63, 3.8) is 0 Å². The highest BCUT2D eigenvalue weighted by molar-refractivity contribution is 6.35. The van der Waals surface area contributed by atoms with Crippen LogP contribution in [0.3, 0.4) is 0 Å². The van der Waals surface area contributed by atoms with Gasteiger partial charge in [0.15, 0.2) is 0 Å². The van der Waals surface area contributed by atoms with Gasteiger partial charge in [0.25, 0.3) is 0 Å². The van der Waals surface area contributed by atoms with Crippen LogP contribution < -0.4 is 0 Å². The molecule has 1 unspecified atom stereocenters. The molecule has 0 saturated carbocycles. The van der Waals surface area contributed by atoms with E-state index >= 15 is 0 Å². The van der Waals surface area contributed by atoms with Crippen molar-refractivity contribution in [2.75, 3.05) is 0 Å². The van der Waals surface area contributed by atoms with E-state index in [1.165, 1.54) is 25.7 Å². The van der Waals surface area contributed by atoms with Crippen LogP contribution in [0.2, 0.25) is 10.0 Å². The average molecular weight is 275 g/mol. The highest BCUT2D eigenvalue weighted by atomic mass is 35.5. The van der Waals surface area contributed by atoms with Gasteiger partial charge in [-0.3, -0.25) is 0 Å². The number of aliphatic hydroxyl groups is 1. The van der Waals surface area contributed by atoms with E-state index in [1.54, 1.807) is 18.2 Å². The summed E-state index contributed by atoms with van der Waals surface area (Å²) in [5.74, 6) is 0. The highest BCUT2D eigenvalue weighted by Gasteiger charge is 2.11. The zero-order chi connectivity index (χ0) is 12.7. The van der Waals surface area contributed by atoms with E-state index in [2.05, 4.69) is 6.92 Å². The van der Waals surface area contributed by atoms with E-state index in [9.17, 15) is 5.11 Å². The van der Waals surface area contributed by atoms with Crippen molar-refractivity contribution in [1.29, 1.82) is 0 Å². The van der Waals surface area contributed by atoms with Gasteiger partial charge in [-0.25, -0.2) is 0 Å². The van der Waals surface area contributed by atoms with E-state index in [1.807, 2.05) is 0 Å². The first-order valence-electron chi connectivity index (χ1n) is 6.28. The summed E-state index contributed by atoms with van der Waals surface area (Å²) in [5, 5.41) is 11.2. The molecule has 17 heavy (non-hydrogen) atoms. The number of hydrogen-bond acceptors (Lipinski definition) is 1. The fourth-order valence-corrected chi connectivity index (χ4v) is 2.40. The second-order valence-corrected chi connectivity index (χ2v) is 5.23. The molecule has 1 aromatic rings. The van der Waals surface area contributed by atoms with E-state index in [0.717, 1.165) is 18.4 Å². The van der Waals surface area contributed by atoms with Crippen molar-refractivity contribution < 1.29 is 5.11 Å². The van der Waals surface area contributed by atoms with Crippen molar-refractivity contribution >= 4 is 23.2 Å². The maximum absolute atomic E-state index is 10.0. The highest BCUT2D eigenvalue weighted by Crippen LogP contribution is 2.29. The Kier molecular flexibility index (Phi) is 6.94. The lowest BCUT2D eigenvalue weighted by molar-refractivity contribution is 0.163. The molecule has 1 N–H and O–H groups in total. The van der Waals surface area contributed by atoms with Crippen LogP contribution in [0.25, 0.3) is 0 Å². The first-order chi connectivity index (χ1) is 8.15. The number of hydrogen-bond donors (Lipinski definition) is 1. The molecule has 0 radical (unpaired) electrons. The molecule has 0 heterocycles. The van der Waals surface area contributed by atoms with Gasteiger partial charge in [-0.2, -0.15) is 0 Å². The molecule has 1 atom stereocenters. The van der Waals surface area contributed by atoms with Crippen LogP contribution in [-0.2, 0) is 0 Å². The van der Waals surface area contributed by atoms with Gasteiger partial charge in [-0.1, -0.05) is 68.3 Å². The molecule has 1 rings (SSSR count). The predicted molar refractivity (Wildman–Crippen MR) is 74.8 cm³/mol. The van der Waals surface area contributed by atoms with Crippen molar-refractivity contribution in [2.45, 2.75) is 51.6 Å². The van der Waals surface area contributed by atoms with Crippen LogP contribution in [0.4, 0.5) is 0 Å². The molecule has 0 fully saturated rings. The molecule has 96 valence electrons. The number of halogens is 2. The summed E-state index contributed by atoms with van der Waals surface area (Å²) in [5.41, 5.74) is 0.784. The van der Waals surface area contributed by atoms with Crippen LogP contribution in [0.5, 0.6) is 0 Å².